The van der Waals surface area contributed by atoms with E-state index in [-0.39, 0.29) is 23.7 Å². The molecular formula is C28H23NO4. The van der Waals surface area contributed by atoms with Crippen molar-refractivity contribution in [2.45, 2.75) is 18.8 Å². The molecular weight excluding hydrogens is 414 g/mol. The average Bonchev–Trinajstić information content (AvgIpc) is 3.11. The van der Waals surface area contributed by atoms with E-state index in [4.69, 9.17) is 4.74 Å². The van der Waals surface area contributed by atoms with Crippen LogP contribution in [0.1, 0.15) is 29.9 Å². The van der Waals surface area contributed by atoms with E-state index in [0.717, 1.165) is 11.1 Å². The van der Waals surface area contributed by atoms with Crippen LogP contribution in [0.15, 0.2) is 97.1 Å². The first-order valence-electron chi connectivity index (χ1n) is 11.1. The Hall–Kier alpha value is -3.99. The highest BCUT2D eigenvalue weighted by Gasteiger charge is 2.47. The molecule has 0 unspecified atom stereocenters. The highest BCUT2D eigenvalue weighted by atomic mass is 16.5. The molecule has 2 atom stereocenters. The van der Waals surface area contributed by atoms with E-state index < -0.39 is 11.9 Å². The summed E-state index contributed by atoms with van der Waals surface area (Å²) in [4.78, 5) is 40.1. The van der Waals surface area contributed by atoms with Crippen LogP contribution in [0.3, 0.4) is 0 Å². The van der Waals surface area contributed by atoms with Crippen LogP contribution in [0.5, 0.6) is 5.75 Å². The maximum atomic E-state index is 13.2. The molecule has 3 aromatic carbocycles. The van der Waals surface area contributed by atoms with E-state index in [1.54, 1.807) is 24.3 Å². The number of ether oxygens (including phenoxy) is 1. The number of fused-ring (bicyclic) bond motifs is 1. The number of benzene rings is 3. The fourth-order valence-corrected chi connectivity index (χ4v) is 4.65. The largest absolute Gasteiger partial charge is 0.426 e. The number of anilines is 1. The zero-order valence-corrected chi connectivity index (χ0v) is 18.0. The first kappa shape index (κ1) is 20.9. The minimum Gasteiger partial charge on any atom is -0.426 e. The molecule has 0 radical (unpaired) electrons. The Morgan fingerprint density at radius 2 is 1.21 bits per heavy atom. The number of hydrogen-bond acceptors (Lipinski definition) is 4. The first-order chi connectivity index (χ1) is 16.1. The Balaban J connectivity index is 1.36. The maximum Gasteiger partial charge on any atom is 0.323 e. The third-order valence-electron chi connectivity index (χ3n) is 6.32. The third kappa shape index (κ3) is 3.98. The third-order valence-corrected chi connectivity index (χ3v) is 6.32. The van der Waals surface area contributed by atoms with Crippen molar-refractivity contribution in [2.75, 3.05) is 4.90 Å². The van der Waals surface area contributed by atoms with Gasteiger partial charge in [-0.05, 0) is 48.2 Å². The van der Waals surface area contributed by atoms with Gasteiger partial charge >= 0.3 is 5.97 Å². The van der Waals surface area contributed by atoms with E-state index in [1.807, 2.05) is 72.8 Å². The summed E-state index contributed by atoms with van der Waals surface area (Å²) in [6, 6.07) is 25.6. The fraction of sp³-hybridized carbons (Fsp3) is 0.179. The van der Waals surface area contributed by atoms with E-state index in [1.165, 1.54) is 4.90 Å². The maximum absolute atomic E-state index is 13.2. The molecule has 0 aromatic heterocycles. The fourth-order valence-electron chi connectivity index (χ4n) is 4.65. The Bertz CT molecular complexity index is 1140. The predicted octanol–water partition coefficient (Wildman–Crippen LogP) is 4.88. The van der Waals surface area contributed by atoms with Crippen molar-refractivity contribution >= 4 is 23.5 Å². The van der Waals surface area contributed by atoms with Crippen molar-refractivity contribution in [1.29, 1.82) is 0 Å². The van der Waals surface area contributed by atoms with Crippen LogP contribution in [-0.2, 0) is 14.4 Å². The molecule has 0 spiro atoms. The molecule has 5 nitrogen and oxygen atoms in total. The normalized spacial score (nSPS) is 19.6. The highest BCUT2D eigenvalue weighted by Crippen LogP contribution is 2.38. The van der Waals surface area contributed by atoms with Gasteiger partial charge in [-0.25, -0.2) is 0 Å². The monoisotopic (exact) mass is 437 g/mol. The molecule has 33 heavy (non-hydrogen) atoms. The van der Waals surface area contributed by atoms with Crippen LogP contribution in [0.4, 0.5) is 5.69 Å². The molecule has 2 aliphatic rings. The molecule has 5 heteroatoms. The number of rotatable bonds is 5. The van der Waals surface area contributed by atoms with Crippen molar-refractivity contribution in [1.82, 2.24) is 0 Å². The molecule has 1 fully saturated rings. The van der Waals surface area contributed by atoms with Crippen LogP contribution in [0, 0.1) is 11.8 Å². The number of esters is 1. The topological polar surface area (TPSA) is 63.7 Å². The van der Waals surface area contributed by atoms with Gasteiger partial charge in [-0.3, -0.25) is 19.3 Å². The molecule has 0 N–H and O–H groups in total. The van der Waals surface area contributed by atoms with Gasteiger partial charge in [0.15, 0.2) is 0 Å². The van der Waals surface area contributed by atoms with Gasteiger partial charge in [0.25, 0.3) is 0 Å². The first-order valence-corrected chi connectivity index (χ1v) is 11.1. The van der Waals surface area contributed by atoms with E-state index in [9.17, 15) is 14.4 Å². The molecule has 1 aliphatic heterocycles. The van der Waals surface area contributed by atoms with Crippen LogP contribution in [0.2, 0.25) is 0 Å². The predicted molar refractivity (Wildman–Crippen MR) is 125 cm³/mol. The number of amides is 2. The summed E-state index contributed by atoms with van der Waals surface area (Å²) in [7, 11) is 0. The molecule has 1 heterocycles. The molecule has 1 saturated heterocycles. The summed E-state index contributed by atoms with van der Waals surface area (Å²) >= 11 is 0. The lowest BCUT2D eigenvalue weighted by Gasteiger charge is -2.18. The molecule has 5 rings (SSSR count). The number of hydrogen-bond donors (Lipinski definition) is 0. The van der Waals surface area contributed by atoms with Crippen molar-refractivity contribution < 1.29 is 19.1 Å². The Labute approximate surface area is 192 Å². The van der Waals surface area contributed by atoms with Gasteiger partial charge in [0.2, 0.25) is 11.8 Å². The number of imide groups is 1. The van der Waals surface area contributed by atoms with Gasteiger partial charge in [0.05, 0.1) is 17.5 Å². The van der Waals surface area contributed by atoms with Crippen molar-refractivity contribution in [2.24, 2.45) is 11.8 Å². The van der Waals surface area contributed by atoms with Gasteiger partial charge in [-0.1, -0.05) is 72.8 Å². The highest BCUT2D eigenvalue weighted by molar-refractivity contribution is 6.22. The summed E-state index contributed by atoms with van der Waals surface area (Å²) in [6.45, 7) is 0. The SMILES string of the molecule is O=C(Oc1ccc(N2C(=O)[C@H]3CC=CC[C@@H]3C2=O)cc1)C(c1ccccc1)c1ccccc1. The summed E-state index contributed by atoms with van der Waals surface area (Å²) in [5.74, 6) is -1.48. The van der Waals surface area contributed by atoms with Crippen molar-refractivity contribution in [3.63, 3.8) is 0 Å². The van der Waals surface area contributed by atoms with Gasteiger partial charge in [0, 0.05) is 0 Å². The second kappa shape index (κ2) is 8.87. The second-order valence-corrected chi connectivity index (χ2v) is 8.34. The molecule has 0 bridgehead atoms. The summed E-state index contributed by atoms with van der Waals surface area (Å²) in [5.41, 5.74) is 2.19. The lowest BCUT2D eigenvalue weighted by Crippen LogP contribution is -2.30. The number of nitrogens with zero attached hydrogens (tertiary/aromatic N) is 1. The molecule has 164 valence electrons. The van der Waals surface area contributed by atoms with E-state index in [2.05, 4.69) is 0 Å². The van der Waals surface area contributed by atoms with E-state index >= 15 is 0 Å². The average molecular weight is 437 g/mol. The minimum absolute atomic E-state index is 0.160. The van der Waals surface area contributed by atoms with Gasteiger partial charge in [-0.2, -0.15) is 0 Å². The molecule has 0 saturated carbocycles. The molecule has 3 aromatic rings. The minimum atomic E-state index is -0.565. The van der Waals surface area contributed by atoms with Crippen LogP contribution < -0.4 is 9.64 Å². The smallest absolute Gasteiger partial charge is 0.323 e. The Kier molecular flexibility index (Phi) is 5.61. The van der Waals surface area contributed by atoms with E-state index in [0.29, 0.717) is 24.3 Å². The second-order valence-electron chi connectivity index (χ2n) is 8.34. The van der Waals surface area contributed by atoms with Gasteiger partial charge in [0.1, 0.15) is 11.7 Å². The summed E-state index contributed by atoms with van der Waals surface area (Å²) in [5, 5.41) is 0. The van der Waals surface area contributed by atoms with Crippen molar-refractivity contribution in [3.05, 3.63) is 108 Å². The Morgan fingerprint density at radius 1 is 0.727 bits per heavy atom. The lowest BCUT2D eigenvalue weighted by atomic mass is 9.85. The molecule has 2 amide bonds. The van der Waals surface area contributed by atoms with Gasteiger partial charge in [-0.15, -0.1) is 0 Å². The number of carbonyl (C=O) groups excluding carboxylic acids is 3. The van der Waals surface area contributed by atoms with Crippen LogP contribution >= 0.6 is 0 Å². The molecule has 1 aliphatic carbocycles. The van der Waals surface area contributed by atoms with Crippen molar-refractivity contribution in [3.8, 4) is 5.75 Å². The summed E-state index contributed by atoms with van der Waals surface area (Å²) < 4.78 is 5.71. The number of carbonyl (C=O) groups is 3. The Morgan fingerprint density at radius 3 is 1.70 bits per heavy atom. The zero-order chi connectivity index (χ0) is 22.8. The zero-order valence-electron chi connectivity index (χ0n) is 18.0. The lowest BCUT2D eigenvalue weighted by molar-refractivity contribution is -0.135. The van der Waals surface area contributed by atoms with Gasteiger partial charge < -0.3 is 4.74 Å². The summed E-state index contributed by atoms with van der Waals surface area (Å²) in [6.07, 6.45) is 5.13. The number of allylic oxidation sites excluding steroid dienone is 2. The quantitative estimate of drug-likeness (QED) is 0.247. The van der Waals surface area contributed by atoms with Crippen LogP contribution in [-0.4, -0.2) is 17.8 Å². The van der Waals surface area contributed by atoms with Crippen LogP contribution in [0.25, 0.3) is 0 Å². The standard InChI is InChI=1S/C28H23NO4/c30-26-23-13-7-8-14-24(23)27(31)29(26)21-15-17-22(18-16-21)33-28(32)25(19-9-3-1-4-10-19)20-11-5-2-6-12-20/h1-12,15-18,23-25H,13-14H2/t23-,24-/m0/s1.